The molecular weight excluding hydrogens is 295 g/mol. The Morgan fingerprint density at radius 3 is 2.76 bits per heavy atom. The summed E-state index contributed by atoms with van der Waals surface area (Å²) in [5, 5.41) is 21.7. The standard InChI is InChI=1S/C14H14ClFN4O/c1-13(21,14(15)6-7-14)11(8-20-9-17-18-19-20)10-4-2-3-5-12(10)16/h2-5,8-9,21H,6-7H2,1H3/t13-/m0/s1. The minimum atomic E-state index is -1.40. The summed E-state index contributed by atoms with van der Waals surface area (Å²) in [6, 6.07) is 6.24. The quantitative estimate of drug-likeness (QED) is 0.881. The number of benzene rings is 1. The lowest BCUT2D eigenvalue weighted by molar-refractivity contribution is 0.109. The van der Waals surface area contributed by atoms with E-state index in [1.165, 1.54) is 23.3 Å². The molecule has 21 heavy (non-hydrogen) atoms. The van der Waals surface area contributed by atoms with E-state index in [0.717, 1.165) is 0 Å². The van der Waals surface area contributed by atoms with Crippen LogP contribution >= 0.6 is 11.6 Å². The first-order valence-corrected chi connectivity index (χ1v) is 6.93. The van der Waals surface area contributed by atoms with E-state index < -0.39 is 16.3 Å². The molecule has 2 aromatic rings. The number of hydrogen-bond acceptors (Lipinski definition) is 4. The average molecular weight is 309 g/mol. The lowest BCUT2D eigenvalue weighted by Crippen LogP contribution is -2.39. The highest BCUT2D eigenvalue weighted by Crippen LogP contribution is 2.55. The number of hydrogen-bond donors (Lipinski definition) is 1. The molecule has 1 aliphatic rings. The van der Waals surface area contributed by atoms with Crippen molar-refractivity contribution >= 4 is 23.4 Å². The minimum absolute atomic E-state index is 0.282. The van der Waals surface area contributed by atoms with Gasteiger partial charge in [-0.15, -0.1) is 16.7 Å². The maximum absolute atomic E-state index is 14.2. The van der Waals surface area contributed by atoms with Crippen LogP contribution in [0.2, 0.25) is 0 Å². The van der Waals surface area contributed by atoms with Crippen molar-refractivity contribution in [2.75, 3.05) is 0 Å². The second kappa shape index (κ2) is 4.89. The second-order valence-corrected chi connectivity index (χ2v) is 6.07. The smallest absolute Gasteiger partial charge is 0.143 e. The summed E-state index contributed by atoms with van der Waals surface area (Å²) in [5.74, 6) is -0.432. The van der Waals surface area contributed by atoms with Crippen LogP contribution in [0.3, 0.4) is 0 Å². The summed E-state index contributed by atoms with van der Waals surface area (Å²) in [7, 11) is 0. The van der Waals surface area contributed by atoms with Crippen molar-refractivity contribution in [1.82, 2.24) is 20.2 Å². The molecule has 0 bridgehead atoms. The normalized spacial score (nSPS) is 20.1. The Hall–Kier alpha value is -1.79. The van der Waals surface area contributed by atoms with Crippen molar-refractivity contribution in [1.29, 1.82) is 0 Å². The highest BCUT2D eigenvalue weighted by molar-refractivity contribution is 6.28. The molecule has 0 aliphatic heterocycles. The van der Waals surface area contributed by atoms with Gasteiger partial charge in [-0.2, -0.15) is 0 Å². The van der Waals surface area contributed by atoms with Crippen LogP contribution in [-0.2, 0) is 0 Å². The first kappa shape index (κ1) is 14.2. The Morgan fingerprint density at radius 2 is 2.19 bits per heavy atom. The van der Waals surface area contributed by atoms with Crippen molar-refractivity contribution in [3.63, 3.8) is 0 Å². The van der Waals surface area contributed by atoms with Crippen molar-refractivity contribution in [3.05, 3.63) is 42.0 Å². The predicted octanol–water partition coefficient (Wildman–Crippen LogP) is 2.33. The molecule has 3 rings (SSSR count). The molecule has 0 radical (unpaired) electrons. The molecule has 1 aliphatic carbocycles. The van der Waals surface area contributed by atoms with Gasteiger partial charge in [0.15, 0.2) is 0 Å². The van der Waals surface area contributed by atoms with Crippen LogP contribution in [0.25, 0.3) is 11.8 Å². The molecule has 1 N–H and O–H groups in total. The van der Waals surface area contributed by atoms with E-state index in [2.05, 4.69) is 15.5 Å². The summed E-state index contributed by atoms with van der Waals surface area (Å²) >= 11 is 6.40. The molecule has 0 spiro atoms. The molecule has 5 nitrogen and oxygen atoms in total. The van der Waals surface area contributed by atoms with Crippen LogP contribution in [0.4, 0.5) is 4.39 Å². The summed E-state index contributed by atoms with van der Waals surface area (Å²) in [4.78, 5) is -0.783. The first-order valence-electron chi connectivity index (χ1n) is 6.55. The summed E-state index contributed by atoms with van der Waals surface area (Å²) < 4.78 is 15.5. The van der Waals surface area contributed by atoms with Gasteiger partial charge in [0, 0.05) is 17.3 Å². The Bertz CT molecular complexity index is 680. The number of aromatic nitrogens is 4. The predicted molar refractivity (Wildman–Crippen MR) is 76.8 cm³/mol. The average Bonchev–Trinajstić information content (AvgIpc) is 3.02. The Labute approximate surface area is 126 Å². The molecule has 1 atom stereocenters. The van der Waals surface area contributed by atoms with E-state index in [1.54, 1.807) is 25.1 Å². The highest BCUT2D eigenvalue weighted by Gasteiger charge is 2.57. The lowest BCUT2D eigenvalue weighted by atomic mass is 9.85. The fraction of sp³-hybridized carbons (Fsp3) is 0.357. The molecule has 1 aromatic heterocycles. The first-order chi connectivity index (χ1) is 9.94. The maximum Gasteiger partial charge on any atom is 0.143 e. The zero-order chi connectivity index (χ0) is 15.1. The van der Waals surface area contributed by atoms with Crippen LogP contribution in [0.1, 0.15) is 25.3 Å². The van der Waals surface area contributed by atoms with E-state index in [1.807, 2.05) is 0 Å². The Morgan fingerprint density at radius 1 is 1.48 bits per heavy atom. The molecular formula is C14H14ClFN4O. The summed E-state index contributed by atoms with van der Waals surface area (Å²) in [6.07, 6.45) is 4.21. The number of rotatable bonds is 4. The Balaban J connectivity index is 2.15. The van der Waals surface area contributed by atoms with Gasteiger partial charge in [0.1, 0.15) is 17.7 Å². The van der Waals surface area contributed by atoms with E-state index in [9.17, 15) is 9.50 Å². The largest absolute Gasteiger partial charge is 0.384 e. The van der Waals surface area contributed by atoms with Gasteiger partial charge in [-0.25, -0.2) is 9.07 Å². The van der Waals surface area contributed by atoms with E-state index >= 15 is 0 Å². The number of nitrogens with zero attached hydrogens (tertiary/aromatic N) is 4. The van der Waals surface area contributed by atoms with Crippen molar-refractivity contribution in [3.8, 4) is 0 Å². The molecule has 7 heteroatoms. The summed E-state index contributed by atoms with van der Waals surface area (Å²) in [5.41, 5.74) is -0.770. The zero-order valence-electron chi connectivity index (χ0n) is 11.4. The zero-order valence-corrected chi connectivity index (χ0v) is 12.1. The van der Waals surface area contributed by atoms with E-state index in [-0.39, 0.29) is 5.56 Å². The highest BCUT2D eigenvalue weighted by atomic mass is 35.5. The van der Waals surface area contributed by atoms with Crippen molar-refractivity contribution in [2.24, 2.45) is 0 Å². The molecule has 1 heterocycles. The SMILES string of the molecule is C[C@](O)(C(=Cn1cnnn1)c1ccccc1F)C1(Cl)CC1. The minimum Gasteiger partial charge on any atom is -0.384 e. The maximum atomic E-state index is 14.2. The summed E-state index contributed by atoms with van der Waals surface area (Å²) in [6.45, 7) is 1.59. The topological polar surface area (TPSA) is 63.8 Å². The molecule has 1 aromatic carbocycles. The molecule has 1 fully saturated rings. The van der Waals surface area contributed by atoms with Gasteiger partial charge in [-0.3, -0.25) is 0 Å². The van der Waals surface area contributed by atoms with E-state index in [0.29, 0.717) is 18.4 Å². The van der Waals surface area contributed by atoms with Gasteiger partial charge >= 0.3 is 0 Å². The fourth-order valence-corrected chi connectivity index (χ4v) is 2.53. The van der Waals surface area contributed by atoms with Crippen LogP contribution < -0.4 is 0 Å². The lowest BCUT2D eigenvalue weighted by Gasteiger charge is -2.32. The fourth-order valence-electron chi connectivity index (χ4n) is 2.33. The van der Waals surface area contributed by atoms with Gasteiger partial charge in [-0.05, 0) is 36.3 Å². The van der Waals surface area contributed by atoms with Crippen molar-refractivity contribution in [2.45, 2.75) is 30.2 Å². The molecule has 1 saturated carbocycles. The molecule has 0 amide bonds. The van der Waals surface area contributed by atoms with Gasteiger partial charge in [-0.1, -0.05) is 18.2 Å². The molecule has 0 saturated heterocycles. The van der Waals surface area contributed by atoms with Crippen molar-refractivity contribution < 1.29 is 9.50 Å². The van der Waals surface area contributed by atoms with Crippen LogP contribution in [0, 0.1) is 5.82 Å². The number of aliphatic hydroxyl groups is 1. The van der Waals surface area contributed by atoms with Gasteiger partial charge in [0.2, 0.25) is 0 Å². The van der Waals surface area contributed by atoms with Gasteiger partial charge in [0.25, 0.3) is 0 Å². The number of halogens is 2. The van der Waals surface area contributed by atoms with Crippen LogP contribution in [0.5, 0.6) is 0 Å². The monoisotopic (exact) mass is 308 g/mol. The third-order valence-electron chi connectivity index (χ3n) is 3.88. The third-order valence-corrected chi connectivity index (χ3v) is 4.62. The Kier molecular flexibility index (Phi) is 3.30. The second-order valence-electron chi connectivity index (χ2n) is 5.35. The number of alkyl halides is 1. The van der Waals surface area contributed by atoms with Gasteiger partial charge in [0.05, 0.1) is 4.87 Å². The molecule has 0 unspecified atom stereocenters. The van der Waals surface area contributed by atoms with E-state index in [4.69, 9.17) is 11.6 Å². The number of tetrazole rings is 1. The molecule has 110 valence electrons. The van der Waals surface area contributed by atoms with Crippen LogP contribution in [-0.4, -0.2) is 35.8 Å². The van der Waals surface area contributed by atoms with Crippen LogP contribution in [0.15, 0.2) is 30.6 Å². The van der Waals surface area contributed by atoms with Gasteiger partial charge < -0.3 is 5.11 Å². The third kappa shape index (κ3) is 2.45.